The van der Waals surface area contributed by atoms with E-state index in [0.29, 0.717) is 11.8 Å². The van der Waals surface area contributed by atoms with Gasteiger partial charge in [-0.1, -0.05) is 127 Å². The first-order valence-electron chi connectivity index (χ1n) is 14.4. The van der Waals surface area contributed by atoms with Crippen LogP contribution in [0.25, 0.3) is 16.7 Å². The van der Waals surface area contributed by atoms with Crippen LogP contribution in [0.15, 0.2) is 169 Å². The lowest BCUT2D eigenvalue weighted by atomic mass is 9.81. The molecule has 1 nitrogen and oxygen atoms in total. The standard InChI is InChI=1S/C40H29N/c1-4-14-28(15-5-1)37-33-20-10-12-22-35(33)40-38(34-21-11-13-23-36(34)39(37)40)29-24-26-32(27-25-29)41(30-16-6-2-7-17-30)31-18-8-3-9-19-31/h1-27,33,35H. The van der Waals surface area contributed by atoms with Crippen molar-refractivity contribution in [3.05, 3.63) is 192 Å². The van der Waals surface area contributed by atoms with E-state index in [9.17, 15) is 0 Å². The molecule has 5 aromatic rings. The number of para-hydroxylation sites is 2. The van der Waals surface area contributed by atoms with E-state index in [1.54, 1.807) is 0 Å². The summed E-state index contributed by atoms with van der Waals surface area (Å²) in [6, 6.07) is 50.3. The fourth-order valence-electron chi connectivity index (χ4n) is 6.93. The van der Waals surface area contributed by atoms with Gasteiger partial charge in [-0.3, -0.25) is 0 Å². The zero-order valence-corrected chi connectivity index (χ0v) is 22.7. The molecular weight excluding hydrogens is 494 g/mol. The molecule has 194 valence electrons. The number of rotatable bonds is 5. The summed E-state index contributed by atoms with van der Waals surface area (Å²) >= 11 is 0. The van der Waals surface area contributed by atoms with Crippen molar-refractivity contribution < 1.29 is 0 Å². The third kappa shape index (κ3) is 3.85. The number of nitrogens with zero attached hydrogens (tertiary/aromatic N) is 1. The summed E-state index contributed by atoms with van der Waals surface area (Å²) in [5.74, 6) is 0.680. The lowest BCUT2D eigenvalue weighted by molar-refractivity contribution is 0.690. The third-order valence-corrected chi connectivity index (χ3v) is 8.60. The normalized spacial score (nSPS) is 18.3. The van der Waals surface area contributed by atoms with Crippen LogP contribution in [0.2, 0.25) is 0 Å². The number of benzene rings is 5. The third-order valence-electron chi connectivity index (χ3n) is 8.60. The summed E-state index contributed by atoms with van der Waals surface area (Å²) in [6.07, 6.45) is 9.24. The summed E-state index contributed by atoms with van der Waals surface area (Å²) in [4.78, 5) is 2.32. The molecule has 0 amide bonds. The van der Waals surface area contributed by atoms with Crippen molar-refractivity contribution in [2.24, 2.45) is 11.8 Å². The van der Waals surface area contributed by atoms with Crippen LogP contribution in [0, 0.1) is 11.8 Å². The van der Waals surface area contributed by atoms with Crippen molar-refractivity contribution in [1.29, 1.82) is 0 Å². The first-order chi connectivity index (χ1) is 20.4. The molecule has 3 aliphatic carbocycles. The van der Waals surface area contributed by atoms with E-state index in [0.717, 1.165) is 17.1 Å². The molecule has 0 spiro atoms. The Morgan fingerprint density at radius 1 is 0.366 bits per heavy atom. The van der Waals surface area contributed by atoms with Gasteiger partial charge in [0.25, 0.3) is 0 Å². The van der Waals surface area contributed by atoms with E-state index in [2.05, 4.69) is 169 Å². The van der Waals surface area contributed by atoms with Crippen molar-refractivity contribution in [3.8, 4) is 0 Å². The zero-order valence-electron chi connectivity index (χ0n) is 22.7. The number of fused-ring (bicyclic) bond motifs is 5. The molecule has 0 saturated carbocycles. The largest absolute Gasteiger partial charge is 0.311 e. The highest BCUT2D eigenvalue weighted by Gasteiger charge is 2.43. The Morgan fingerprint density at radius 2 is 0.829 bits per heavy atom. The molecule has 3 aliphatic rings. The maximum absolute atomic E-state index is 2.41. The zero-order chi connectivity index (χ0) is 27.2. The first kappa shape index (κ1) is 23.7. The lowest BCUT2D eigenvalue weighted by Gasteiger charge is -2.26. The molecule has 0 aliphatic heterocycles. The van der Waals surface area contributed by atoms with Crippen LogP contribution in [0.3, 0.4) is 0 Å². The van der Waals surface area contributed by atoms with Gasteiger partial charge in [0.15, 0.2) is 0 Å². The molecule has 41 heavy (non-hydrogen) atoms. The Hall–Kier alpha value is -5.14. The minimum atomic E-state index is 0.331. The van der Waals surface area contributed by atoms with Crippen LogP contribution in [0.4, 0.5) is 17.1 Å². The monoisotopic (exact) mass is 523 g/mol. The molecule has 0 fully saturated rings. The molecule has 5 aromatic carbocycles. The summed E-state index contributed by atoms with van der Waals surface area (Å²) in [7, 11) is 0. The Bertz CT molecular complexity index is 1820. The number of anilines is 3. The van der Waals surface area contributed by atoms with Crippen LogP contribution in [0.5, 0.6) is 0 Å². The number of hydrogen-bond donors (Lipinski definition) is 0. The SMILES string of the molecule is C1=CC2C3=C(c4ccc(N(c5ccccc5)c5ccccc5)cc4)c4ccccc4C3=C(c3ccccc3)C2C=C1. The van der Waals surface area contributed by atoms with Gasteiger partial charge in [-0.2, -0.15) is 0 Å². The molecule has 2 unspecified atom stereocenters. The lowest BCUT2D eigenvalue weighted by Crippen LogP contribution is -2.11. The molecule has 2 atom stereocenters. The summed E-state index contributed by atoms with van der Waals surface area (Å²) < 4.78 is 0. The highest BCUT2D eigenvalue weighted by Crippen LogP contribution is 2.60. The summed E-state index contributed by atoms with van der Waals surface area (Å²) in [5, 5.41) is 0. The van der Waals surface area contributed by atoms with Crippen molar-refractivity contribution in [2.45, 2.75) is 0 Å². The maximum atomic E-state index is 2.41. The van der Waals surface area contributed by atoms with E-state index in [1.807, 2.05) is 0 Å². The highest BCUT2D eigenvalue weighted by molar-refractivity contribution is 6.16. The van der Waals surface area contributed by atoms with Crippen LogP contribution in [-0.4, -0.2) is 0 Å². The smallest absolute Gasteiger partial charge is 0.0462 e. The number of hydrogen-bond acceptors (Lipinski definition) is 1. The van der Waals surface area contributed by atoms with Gasteiger partial charge in [-0.15, -0.1) is 0 Å². The van der Waals surface area contributed by atoms with Crippen molar-refractivity contribution in [3.63, 3.8) is 0 Å². The van der Waals surface area contributed by atoms with Crippen LogP contribution < -0.4 is 4.90 Å². The summed E-state index contributed by atoms with van der Waals surface area (Å²) in [5.41, 5.74) is 14.4. The Labute approximate surface area is 241 Å². The summed E-state index contributed by atoms with van der Waals surface area (Å²) in [6.45, 7) is 0. The fraction of sp³-hybridized carbons (Fsp3) is 0.0500. The Balaban J connectivity index is 1.31. The molecule has 0 N–H and O–H groups in total. The van der Waals surface area contributed by atoms with Crippen molar-refractivity contribution in [2.75, 3.05) is 4.90 Å². The van der Waals surface area contributed by atoms with Crippen molar-refractivity contribution >= 4 is 33.8 Å². The van der Waals surface area contributed by atoms with Gasteiger partial charge >= 0.3 is 0 Å². The Morgan fingerprint density at radius 3 is 1.41 bits per heavy atom. The minimum Gasteiger partial charge on any atom is -0.311 e. The molecule has 0 bridgehead atoms. The van der Waals surface area contributed by atoms with E-state index in [-0.39, 0.29) is 0 Å². The van der Waals surface area contributed by atoms with Gasteiger partial charge in [-0.25, -0.2) is 0 Å². The molecule has 1 heteroatoms. The van der Waals surface area contributed by atoms with Gasteiger partial charge in [0.1, 0.15) is 0 Å². The van der Waals surface area contributed by atoms with Gasteiger partial charge in [0, 0.05) is 28.9 Å². The van der Waals surface area contributed by atoms with Crippen LogP contribution >= 0.6 is 0 Å². The molecule has 0 aromatic heterocycles. The van der Waals surface area contributed by atoms with E-state index in [4.69, 9.17) is 0 Å². The molecule has 8 rings (SSSR count). The van der Waals surface area contributed by atoms with Crippen molar-refractivity contribution in [1.82, 2.24) is 0 Å². The van der Waals surface area contributed by atoms with Gasteiger partial charge in [0.2, 0.25) is 0 Å². The average Bonchev–Trinajstić information content (AvgIpc) is 3.56. The maximum Gasteiger partial charge on any atom is 0.0462 e. The average molecular weight is 524 g/mol. The topological polar surface area (TPSA) is 3.24 Å². The van der Waals surface area contributed by atoms with Gasteiger partial charge in [0.05, 0.1) is 0 Å². The second kappa shape index (κ2) is 9.80. The van der Waals surface area contributed by atoms with E-state index >= 15 is 0 Å². The number of allylic oxidation sites excluding steroid dienone is 7. The van der Waals surface area contributed by atoms with E-state index in [1.165, 1.54) is 44.5 Å². The minimum absolute atomic E-state index is 0.331. The predicted octanol–water partition coefficient (Wildman–Crippen LogP) is 10.3. The molecule has 0 saturated heterocycles. The quantitative estimate of drug-likeness (QED) is 0.221. The molecule has 0 radical (unpaired) electrons. The second-order valence-corrected chi connectivity index (χ2v) is 10.9. The van der Waals surface area contributed by atoms with Gasteiger partial charge in [-0.05, 0) is 80.9 Å². The van der Waals surface area contributed by atoms with E-state index < -0.39 is 0 Å². The Kier molecular flexibility index (Phi) is 5.67. The fourth-order valence-corrected chi connectivity index (χ4v) is 6.93. The predicted molar refractivity (Wildman–Crippen MR) is 172 cm³/mol. The first-order valence-corrected chi connectivity index (χ1v) is 14.4. The second-order valence-electron chi connectivity index (χ2n) is 10.9. The highest BCUT2D eigenvalue weighted by atomic mass is 15.1. The van der Waals surface area contributed by atoms with Crippen LogP contribution in [0.1, 0.15) is 22.3 Å². The van der Waals surface area contributed by atoms with Crippen LogP contribution in [-0.2, 0) is 0 Å². The van der Waals surface area contributed by atoms with Gasteiger partial charge < -0.3 is 4.90 Å². The molecular formula is C40H29N. The molecule has 0 heterocycles.